The maximum Gasteiger partial charge on any atom is 0.352 e. The van der Waals surface area contributed by atoms with Gasteiger partial charge >= 0.3 is 11.6 Å². The van der Waals surface area contributed by atoms with Crippen molar-refractivity contribution in [3.63, 3.8) is 0 Å². The molecular weight excluding hydrogens is 385 g/mol. The molecule has 1 aliphatic heterocycles. The maximum absolute atomic E-state index is 11.5. The van der Waals surface area contributed by atoms with Crippen molar-refractivity contribution in [3.05, 3.63) is 33.2 Å². The third-order valence-corrected chi connectivity index (χ3v) is 4.71. The summed E-state index contributed by atoms with van der Waals surface area (Å²) in [7, 11) is 0. The summed E-state index contributed by atoms with van der Waals surface area (Å²) < 4.78 is 14.2. The minimum atomic E-state index is -0.459. The number of aryl methyl sites for hydroxylation is 1. The zero-order valence-electron chi connectivity index (χ0n) is 14.2. The molecule has 3 heterocycles. The molecule has 0 aromatic carbocycles. The lowest BCUT2D eigenvalue weighted by atomic mass is 10.1. The number of halogens is 2. The highest BCUT2D eigenvalue weighted by atomic mass is 35.5. The van der Waals surface area contributed by atoms with E-state index in [4.69, 9.17) is 32.7 Å². The van der Waals surface area contributed by atoms with Gasteiger partial charge in [-0.3, -0.25) is 19.5 Å². The molecule has 0 aliphatic carbocycles. The van der Waals surface area contributed by atoms with Crippen LogP contribution in [0.15, 0.2) is 12.3 Å². The predicted octanol–water partition coefficient (Wildman–Crippen LogP) is 3.34. The van der Waals surface area contributed by atoms with Gasteiger partial charge in [-0.25, -0.2) is 0 Å². The quantitative estimate of drug-likeness (QED) is 0.304. The van der Waals surface area contributed by atoms with Crippen LogP contribution >= 0.6 is 23.2 Å². The summed E-state index contributed by atoms with van der Waals surface area (Å²) in [6.07, 6.45) is 3.61. The van der Waals surface area contributed by atoms with E-state index in [0.717, 1.165) is 0 Å². The molecule has 1 aliphatic rings. The van der Waals surface area contributed by atoms with Crippen molar-refractivity contribution in [2.45, 2.75) is 44.3 Å². The smallest absolute Gasteiger partial charge is 0.352 e. The third-order valence-electron chi connectivity index (χ3n) is 4.20. The number of alkyl halides is 1. The Kier molecular flexibility index (Phi) is 6.00. The summed E-state index contributed by atoms with van der Waals surface area (Å²) in [5.74, 6) is 0.0311. The molecule has 2 aromatic heterocycles. The van der Waals surface area contributed by atoms with Gasteiger partial charge < -0.3 is 9.47 Å². The largest absolute Gasteiger partial charge is 0.472 e. The topological polar surface area (TPSA) is 97.2 Å². The van der Waals surface area contributed by atoms with Crippen LogP contribution in [0, 0.1) is 17.0 Å². The Morgan fingerprint density at radius 2 is 2.31 bits per heavy atom. The van der Waals surface area contributed by atoms with Crippen LogP contribution in [0.5, 0.6) is 5.88 Å². The number of ether oxygens (including phenoxy) is 2. The van der Waals surface area contributed by atoms with E-state index in [1.165, 1.54) is 0 Å². The predicted molar refractivity (Wildman–Crippen MR) is 94.8 cm³/mol. The Labute approximate surface area is 159 Å². The van der Waals surface area contributed by atoms with Crippen molar-refractivity contribution in [2.75, 3.05) is 13.2 Å². The molecule has 1 fully saturated rings. The Balaban J connectivity index is 1.67. The standard InChI is InChI=1S/C15H19Cl2N5O4/c1-10-14(22(23)24)15(19-21(10)11-4-8-25-13(17)9-11)26-7-2-5-20-6-3-12(16)18-20/h3,6,11,13H,2,4-5,7-9H2,1H3. The number of rotatable bonds is 7. The SMILES string of the molecule is Cc1c([N+](=O)[O-])c(OCCCn2ccc(Cl)n2)nn1C1CCOC(Cl)C1. The van der Waals surface area contributed by atoms with Crippen LogP contribution in [0.4, 0.5) is 5.69 Å². The lowest BCUT2D eigenvalue weighted by Crippen LogP contribution is -2.25. The molecule has 2 aromatic rings. The molecule has 1 saturated heterocycles. The highest BCUT2D eigenvalue weighted by Gasteiger charge is 2.32. The first kappa shape index (κ1) is 18.9. The highest BCUT2D eigenvalue weighted by Crippen LogP contribution is 2.35. The number of hydrogen-bond donors (Lipinski definition) is 0. The van der Waals surface area contributed by atoms with Gasteiger partial charge in [0.1, 0.15) is 11.3 Å². The molecule has 2 atom stereocenters. The summed E-state index contributed by atoms with van der Waals surface area (Å²) >= 11 is 11.8. The summed E-state index contributed by atoms with van der Waals surface area (Å²) in [5, 5.41) is 20.3. The minimum absolute atomic E-state index is 0.0311. The van der Waals surface area contributed by atoms with Gasteiger partial charge in [-0.2, -0.15) is 5.10 Å². The summed E-state index contributed by atoms with van der Waals surface area (Å²) in [5.41, 5.74) is -0.0639. The summed E-state index contributed by atoms with van der Waals surface area (Å²) in [6.45, 7) is 3.03. The van der Waals surface area contributed by atoms with E-state index in [2.05, 4.69) is 10.2 Å². The normalized spacial score (nSPS) is 20.3. The van der Waals surface area contributed by atoms with Crippen molar-refractivity contribution >= 4 is 28.9 Å². The fraction of sp³-hybridized carbons (Fsp3) is 0.600. The van der Waals surface area contributed by atoms with Crippen molar-refractivity contribution in [3.8, 4) is 5.88 Å². The van der Waals surface area contributed by atoms with Gasteiger partial charge in [0.15, 0.2) is 5.15 Å². The van der Waals surface area contributed by atoms with Crippen LogP contribution in [0.2, 0.25) is 5.15 Å². The first-order chi connectivity index (χ1) is 12.5. The van der Waals surface area contributed by atoms with Gasteiger partial charge in [0, 0.05) is 25.6 Å². The Morgan fingerprint density at radius 3 is 2.96 bits per heavy atom. The molecule has 0 radical (unpaired) electrons. The molecule has 0 bridgehead atoms. The summed E-state index contributed by atoms with van der Waals surface area (Å²) in [4.78, 5) is 11.0. The van der Waals surface area contributed by atoms with Gasteiger partial charge in [-0.1, -0.05) is 23.2 Å². The molecule has 9 nitrogen and oxygen atoms in total. The molecular formula is C15H19Cl2N5O4. The van der Waals surface area contributed by atoms with Crippen LogP contribution < -0.4 is 4.74 Å². The lowest BCUT2D eigenvalue weighted by Gasteiger charge is -2.26. The van der Waals surface area contributed by atoms with E-state index in [9.17, 15) is 10.1 Å². The second kappa shape index (κ2) is 8.24. The number of aromatic nitrogens is 4. The van der Waals surface area contributed by atoms with Crippen LogP contribution in [-0.2, 0) is 11.3 Å². The molecule has 0 amide bonds. The first-order valence-corrected chi connectivity index (χ1v) is 9.08. The fourth-order valence-corrected chi connectivity index (χ4v) is 3.41. The number of nitro groups is 1. The van der Waals surface area contributed by atoms with E-state index in [1.54, 1.807) is 28.6 Å². The highest BCUT2D eigenvalue weighted by molar-refractivity contribution is 6.29. The molecule has 2 unspecified atom stereocenters. The number of nitrogens with zero attached hydrogens (tertiary/aromatic N) is 5. The van der Waals surface area contributed by atoms with Gasteiger partial charge in [-0.15, -0.1) is 5.10 Å². The van der Waals surface area contributed by atoms with E-state index in [0.29, 0.717) is 43.3 Å². The zero-order chi connectivity index (χ0) is 18.7. The van der Waals surface area contributed by atoms with Crippen molar-refractivity contribution in [1.29, 1.82) is 0 Å². The van der Waals surface area contributed by atoms with Crippen molar-refractivity contribution < 1.29 is 14.4 Å². The second-order valence-electron chi connectivity index (χ2n) is 6.00. The van der Waals surface area contributed by atoms with Gasteiger partial charge in [0.25, 0.3) is 0 Å². The molecule has 26 heavy (non-hydrogen) atoms. The molecule has 0 spiro atoms. The van der Waals surface area contributed by atoms with Gasteiger partial charge in [0.05, 0.1) is 24.2 Å². The van der Waals surface area contributed by atoms with Gasteiger partial charge in [0.2, 0.25) is 0 Å². The van der Waals surface area contributed by atoms with Crippen LogP contribution in [0.25, 0.3) is 0 Å². The monoisotopic (exact) mass is 403 g/mol. The van der Waals surface area contributed by atoms with E-state index in [1.807, 2.05) is 0 Å². The molecule has 0 N–H and O–H groups in total. The van der Waals surface area contributed by atoms with E-state index in [-0.39, 0.29) is 24.2 Å². The van der Waals surface area contributed by atoms with E-state index < -0.39 is 10.5 Å². The first-order valence-electron chi connectivity index (χ1n) is 8.26. The molecule has 3 rings (SSSR count). The van der Waals surface area contributed by atoms with Crippen molar-refractivity contribution in [2.24, 2.45) is 0 Å². The average Bonchev–Trinajstić information content (AvgIpc) is 3.15. The fourth-order valence-electron chi connectivity index (χ4n) is 2.96. The Morgan fingerprint density at radius 1 is 1.50 bits per heavy atom. The van der Waals surface area contributed by atoms with Gasteiger partial charge in [-0.05, 0) is 19.4 Å². The third kappa shape index (κ3) is 4.28. The minimum Gasteiger partial charge on any atom is -0.472 e. The molecule has 0 saturated carbocycles. The van der Waals surface area contributed by atoms with Crippen LogP contribution in [-0.4, -0.2) is 43.3 Å². The Bertz CT molecular complexity index is 778. The average molecular weight is 404 g/mol. The second-order valence-corrected chi connectivity index (χ2v) is 6.88. The Hall–Kier alpha value is -1.84. The van der Waals surface area contributed by atoms with Crippen LogP contribution in [0.1, 0.15) is 31.0 Å². The summed E-state index contributed by atoms with van der Waals surface area (Å²) in [6, 6.07) is 1.64. The molecule has 142 valence electrons. The zero-order valence-corrected chi connectivity index (χ0v) is 15.7. The van der Waals surface area contributed by atoms with Crippen molar-refractivity contribution in [1.82, 2.24) is 19.6 Å². The lowest BCUT2D eigenvalue weighted by molar-refractivity contribution is -0.386. The maximum atomic E-state index is 11.5. The number of hydrogen-bond acceptors (Lipinski definition) is 6. The molecule has 11 heteroatoms. The van der Waals surface area contributed by atoms with Crippen LogP contribution in [0.3, 0.4) is 0 Å². The van der Waals surface area contributed by atoms with E-state index >= 15 is 0 Å².